The van der Waals surface area contributed by atoms with E-state index in [1.165, 1.54) is 33.0 Å². The number of hydrogen-bond acceptors (Lipinski definition) is 1. The van der Waals surface area contributed by atoms with Crippen LogP contribution in [0.5, 0.6) is 0 Å². The van der Waals surface area contributed by atoms with Gasteiger partial charge in [-0.3, -0.25) is 4.79 Å². The first kappa shape index (κ1) is 15.4. The first-order valence-electron chi connectivity index (χ1n) is 10.1. The fourth-order valence-electron chi connectivity index (χ4n) is 5.78. The third-order valence-electron chi connectivity index (χ3n) is 7.23. The molecular weight excluding hydrogens is 328 g/mol. The van der Waals surface area contributed by atoms with Crippen LogP contribution in [0.25, 0.3) is 21.9 Å². The highest BCUT2D eigenvalue weighted by Gasteiger charge is 2.53. The maximum absolute atomic E-state index is 13.6. The van der Waals surface area contributed by atoms with Crippen molar-refractivity contribution in [2.75, 3.05) is 0 Å². The second kappa shape index (κ2) is 5.42. The Kier molecular flexibility index (Phi) is 3.09. The number of fused-ring (bicyclic) bond motifs is 5. The molecule has 0 heterocycles. The number of carbonyl (C=O) groups excluding carboxylic acids is 1. The Labute approximate surface area is 159 Å². The minimum atomic E-state index is -0.0954. The quantitative estimate of drug-likeness (QED) is 0.467. The van der Waals surface area contributed by atoms with Crippen LogP contribution in [0.4, 0.5) is 0 Å². The van der Waals surface area contributed by atoms with E-state index >= 15 is 0 Å². The van der Waals surface area contributed by atoms with Crippen LogP contribution in [0.15, 0.2) is 72.3 Å². The summed E-state index contributed by atoms with van der Waals surface area (Å²) in [6.45, 7) is 0. The highest BCUT2D eigenvalue weighted by Crippen LogP contribution is 2.58. The van der Waals surface area contributed by atoms with Gasteiger partial charge in [0.1, 0.15) is 0 Å². The largest absolute Gasteiger partial charge is 0.294 e. The maximum atomic E-state index is 13.6. The smallest absolute Gasteiger partial charge is 0.169 e. The number of rotatable bonds is 1. The lowest BCUT2D eigenvalue weighted by Gasteiger charge is -2.38. The summed E-state index contributed by atoms with van der Waals surface area (Å²) in [4.78, 5) is 13.6. The first-order chi connectivity index (χ1) is 13.2. The standard InChI is InChI=1S/C26H22O/c27-25-24-15-22-14-19(18-4-2-1-3-5-18)7-8-20(22)13-21(24)10-11-26(25)16-17-6-9-23(26)12-17/h1-8,13-15,23H,9-12,16H2. The zero-order valence-corrected chi connectivity index (χ0v) is 15.4. The van der Waals surface area contributed by atoms with Crippen molar-refractivity contribution >= 4 is 16.6 Å². The van der Waals surface area contributed by atoms with Gasteiger partial charge in [-0.05, 0) is 77.6 Å². The zero-order chi connectivity index (χ0) is 18.0. The van der Waals surface area contributed by atoms with E-state index in [9.17, 15) is 4.79 Å². The second-order valence-corrected chi connectivity index (χ2v) is 8.60. The van der Waals surface area contributed by atoms with Gasteiger partial charge in [0.15, 0.2) is 5.78 Å². The Morgan fingerprint density at radius 1 is 0.889 bits per heavy atom. The third-order valence-corrected chi connectivity index (χ3v) is 7.23. The Bertz CT molecular complexity index is 1120. The van der Waals surface area contributed by atoms with Gasteiger partial charge in [0.25, 0.3) is 0 Å². The molecule has 0 radical (unpaired) electrons. The van der Waals surface area contributed by atoms with Gasteiger partial charge in [-0.25, -0.2) is 0 Å². The van der Waals surface area contributed by atoms with Crippen LogP contribution >= 0.6 is 0 Å². The van der Waals surface area contributed by atoms with Crippen LogP contribution in [-0.2, 0) is 6.42 Å². The molecule has 2 atom stereocenters. The number of ketones is 1. The Morgan fingerprint density at radius 2 is 1.78 bits per heavy atom. The lowest BCUT2D eigenvalue weighted by atomic mass is 9.63. The predicted molar refractivity (Wildman–Crippen MR) is 110 cm³/mol. The molecule has 27 heavy (non-hydrogen) atoms. The van der Waals surface area contributed by atoms with Crippen LogP contribution in [0.3, 0.4) is 0 Å². The molecule has 0 amide bonds. The minimum absolute atomic E-state index is 0.0954. The molecular formula is C26H22O. The molecule has 0 aliphatic heterocycles. The van der Waals surface area contributed by atoms with Crippen molar-refractivity contribution in [3.8, 4) is 11.1 Å². The summed E-state index contributed by atoms with van der Waals surface area (Å²) in [6.07, 6.45) is 7.74. The van der Waals surface area contributed by atoms with Gasteiger partial charge in [-0.15, -0.1) is 0 Å². The van der Waals surface area contributed by atoms with Crippen LogP contribution < -0.4 is 0 Å². The van der Waals surface area contributed by atoms with Gasteiger partial charge >= 0.3 is 0 Å². The molecule has 132 valence electrons. The molecule has 1 spiro atoms. The summed E-state index contributed by atoms with van der Waals surface area (Å²) in [6, 6.07) is 21.6. The summed E-state index contributed by atoms with van der Waals surface area (Å²) < 4.78 is 0. The molecule has 3 aromatic carbocycles. The molecule has 2 bridgehead atoms. The van der Waals surface area contributed by atoms with Crippen molar-refractivity contribution in [1.82, 2.24) is 0 Å². The van der Waals surface area contributed by atoms with Gasteiger partial charge in [-0.1, -0.05) is 60.2 Å². The Balaban J connectivity index is 1.48. The molecule has 1 nitrogen and oxygen atoms in total. The lowest BCUT2D eigenvalue weighted by molar-refractivity contribution is 0.0671. The van der Waals surface area contributed by atoms with E-state index in [1.54, 1.807) is 0 Å². The summed E-state index contributed by atoms with van der Waals surface area (Å²) >= 11 is 0. The van der Waals surface area contributed by atoms with Gasteiger partial charge in [0, 0.05) is 11.0 Å². The highest BCUT2D eigenvalue weighted by atomic mass is 16.1. The van der Waals surface area contributed by atoms with E-state index < -0.39 is 0 Å². The van der Waals surface area contributed by atoms with E-state index in [0.29, 0.717) is 11.7 Å². The number of carbonyl (C=O) groups is 1. The van der Waals surface area contributed by atoms with Crippen LogP contribution in [0.1, 0.15) is 41.6 Å². The van der Waals surface area contributed by atoms with E-state index in [4.69, 9.17) is 0 Å². The minimum Gasteiger partial charge on any atom is -0.294 e. The number of aryl methyl sites for hydroxylation is 1. The van der Waals surface area contributed by atoms with Crippen molar-refractivity contribution in [3.05, 3.63) is 83.4 Å². The number of allylic oxidation sites excluding steroid dienone is 2. The van der Waals surface area contributed by atoms with Crippen molar-refractivity contribution in [2.45, 2.75) is 32.1 Å². The van der Waals surface area contributed by atoms with E-state index in [0.717, 1.165) is 37.7 Å². The highest BCUT2D eigenvalue weighted by molar-refractivity contribution is 6.07. The van der Waals surface area contributed by atoms with Gasteiger partial charge < -0.3 is 0 Å². The summed E-state index contributed by atoms with van der Waals surface area (Å²) in [5.74, 6) is 0.975. The van der Waals surface area contributed by atoms with Gasteiger partial charge in [-0.2, -0.15) is 0 Å². The summed E-state index contributed by atoms with van der Waals surface area (Å²) in [7, 11) is 0. The topological polar surface area (TPSA) is 17.1 Å². The van der Waals surface area contributed by atoms with E-state index in [2.05, 4.69) is 60.7 Å². The normalized spacial score (nSPS) is 25.9. The Morgan fingerprint density at radius 3 is 2.56 bits per heavy atom. The first-order valence-corrected chi connectivity index (χ1v) is 10.1. The molecule has 2 unspecified atom stereocenters. The van der Waals surface area contributed by atoms with Crippen LogP contribution in [0.2, 0.25) is 0 Å². The third kappa shape index (κ3) is 2.15. The zero-order valence-electron chi connectivity index (χ0n) is 15.4. The summed E-state index contributed by atoms with van der Waals surface area (Å²) in [5.41, 5.74) is 6.12. The van der Waals surface area contributed by atoms with Gasteiger partial charge in [0.05, 0.1) is 0 Å². The fraction of sp³-hybridized carbons (Fsp3) is 0.269. The average molecular weight is 350 g/mol. The number of benzene rings is 3. The van der Waals surface area contributed by atoms with E-state index in [1.807, 2.05) is 6.07 Å². The second-order valence-electron chi connectivity index (χ2n) is 8.60. The van der Waals surface area contributed by atoms with Crippen molar-refractivity contribution in [2.24, 2.45) is 11.3 Å². The number of Topliss-reactive ketones (excluding diaryl/α,β-unsaturated/α-hetero) is 1. The molecule has 6 rings (SSSR count). The molecule has 0 N–H and O–H groups in total. The van der Waals surface area contributed by atoms with Crippen LogP contribution in [-0.4, -0.2) is 5.78 Å². The van der Waals surface area contributed by atoms with Crippen molar-refractivity contribution < 1.29 is 4.79 Å². The molecule has 0 aromatic heterocycles. The van der Waals surface area contributed by atoms with Crippen LogP contribution in [0, 0.1) is 11.3 Å². The molecule has 1 fully saturated rings. The summed E-state index contributed by atoms with van der Waals surface area (Å²) in [5, 5.41) is 2.43. The molecule has 3 aliphatic rings. The predicted octanol–water partition coefficient (Wildman–Crippen LogP) is 6.36. The van der Waals surface area contributed by atoms with Gasteiger partial charge in [0.2, 0.25) is 0 Å². The molecule has 1 heteroatoms. The maximum Gasteiger partial charge on any atom is 0.169 e. The molecule has 3 aliphatic carbocycles. The number of hydrogen-bond donors (Lipinski definition) is 0. The fourth-order valence-corrected chi connectivity index (χ4v) is 5.78. The molecule has 1 saturated carbocycles. The average Bonchev–Trinajstić information content (AvgIpc) is 3.32. The lowest BCUT2D eigenvalue weighted by Crippen LogP contribution is -2.39. The van der Waals surface area contributed by atoms with E-state index in [-0.39, 0.29) is 5.41 Å². The monoisotopic (exact) mass is 350 g/mol. The van der Waals surface area contributed by atoms with Crippen molar-refractivity contribution in [1.29, 1.82) is 0 Å². The SMILES string of the molecule is O=C1c2cc3cc(-c4ccccc4)ccc3cc2CCC12CC1=CCC2C1. The molecule has 3 aromatic rings. The Hall–Kier alpha value is -2.67. The molecule has 0 saturated heterocycles. The van der Waals surface area contributed by atoms with Crippen molar-refractivity contribution in [3.63, 3.8) is 0 Å².